The van der Waals surface area contributed by atoms with Crippen LogP contribution in [0, 0.1) is 13.8 Å². The number of fused-ring (bicyclic) bond motifs is 1. The number of amides is 1. The number of carbonyl (C=O) groups is 1. The molecule has 3 rings (SSSR count). The quantitative estimate of drug-likeness (QED) is 0.719. The average molecular weight is 347 g/mol. The van der Waals surface area contributed by atoms with Gasteiger partial charge in [0.2, 0.25) is 11.1 Å². The maximum Gasteiger partial charge on any atom is 0.253 e. The standard InChI is InChI=1S/C15H17N5OS2/c1-9-7-10(2)20-14(16-9)18-15(19-20)23-8-13(21)17-11(3)12-5-4-6-22-12/h4-7,11H,8H2,1-3H3,(H,17,21)/t11-/m1/s1. The third kappa shape index (κ3) is 3.70. The van der Waals surface area contributed by atoms with E-state index in [2.05, 4.69) is 20.4 Å². The van der Waals surface area contributed by atoms with Crippen LogP contribution < -0.4 is 5.32 Å². The molecule has 0 saturated heterocycles. The Balaban J connectivity index is 1.62. The second-order valence-electron chi connectivity index (χ2n) is 5.24. The highest BCUT2D eigenvalue weighted by Crippen LogP contribution is 2.19. The second-order valence-corrected chi connectivity index (χ2v) is 7.16. The van der Waals surface area contributed by atoms with Crippen molar-refractivity contribution in [2.75, 3.05) is 5.75 Å². The van der Waals surface area contributed by atoms with Crippen LogP contribution in [0.2, 0.25) is 0 Å². The number of carbonyl (C=O) groups excluding carboxylic acids is 1. The van der Waals surface area contributed by atoms with Gasteiger partial charge in [-0.15, -0.1) is 16.4 Å². The van der Waals surface area contributed by atoms with Gasteiger partial charge in [0.25, 0.3) is 5.78 Å². The number of nitrogens with zero attached hydrogens (tertiary/aromatic N) is 4. The molecule has 23 heavy (non-hydrogen) atoms. The molecule has 1 atom stereocenters. The highest BCUT2D eigenvalue weighted by atomic mass is 32.2. The van der Waals surface area contributed by atoms with E-state index in [9.17, 15) is 4.79 Å². The number of thiophene rings is 1. The van der Waals surface area contributed by atoms with E-state index in [1.807, 2.05) is 44.4 Å². The monoisotopic (exact) mass is 347 g/mol. The summed E-state index contributed by atoms with van der Waals surface area (Å²) in [4.78, 5) is 21.9. The molecule has 0 saturated carbocycles. The van der Waals surface area contributed by atoms with Crippen molar-refractivity contribution in [1.29, 1.82) is 0 Å². The van der Waals surface area contributed by atoms with Gasteiger partial charge >= 0.3 is 0 Å². The van der Waals surface area contributed by atoms with Crippen molar-refractivity contribution in [3.8, 4) is 0 Å². The fourth-order valence-electron chi connectivity index (χ4n) is 2.23. The summed E-state index contributed by atoms with van der Waals surface area (Å²) in [6.07, 6.45) is 0. The van der Waals surface area contributed by atoms with Gasteiger partial charge in [-0.3, -0.25) is 4.79 Å². The maximum atomic E-state index is 12.1. The van der Waals surface area contributed by atoms with Gasteiger partial charge in [0, 0.05) is 16.3 Å². The SMILES string of the molecule is Cc1cc(C)n2nc(SCC(=O)N[C@H](C)c3cccs3)nc2n1. The molecule has 0 fully saturated rings. The molecule has 0 aliphatic carbocycles. The Morgan fingerprint density at radius 3 is 3.00 bits per heavy atom. The first-order chi connectivity index (χ1) is 11.0. The summed E-state index contributed by atoms with van der Waals surface area (Å²) in [6.45, 7) is 5.86. The van der Waals surface area contributed by atoms with E-state index in [4.69, 9.17) is 0 Å². The highest BCUT2D eigenvalue weighted by Gasteiger charge is 2.13. The van der Waals surface area contributed by atoms with Gasteiger partial charge in [-0.1, -0.05) is 17.8 Å². The first kappa shape index (κ1) is 15.9. The summed E-state index contributed by atoms with van der Waals surface area (Å²) in [6, 6.07) is 5.97. The Hall–Kier alpha value is -1.93. The summed E-state index contributed by atoms with van der Waals surface area (Å²) >= 11 is 2.95. The van der Waals surface area contributed by atoms with Crippen LogP contribution in [-0.4, -0.2) is 31.2 Å². The van der Waals surface area contributed by atoms with E-state index in [0.717, 1.165) is 16.3 Å². The molecule has 0 spiro atoms. The molecule has 0 radical (unpaired) electrons. The zero-order chi connectivity index (χ0) is 16.4. The number of thioether (sulfide) groups is 1. The molecule has 3 aromatic rings. The minimum Gasteiger partial charge on any atom is -0.348 e. The summed E-state index contributed by atoms with van der Waals surface area (Å²) in [5, 5.41) is 9.93. The van der Waals surface area contributed by atoms with Crippen LogP contribution in [-0.2, 0) is 4.79 Å². The van der Waals surface area contributed by atoms with E-state index in [-0.39, 0.29) is 17.7 Å². The molecule has 8 heteroatoms. The highest BCUT2D eigenvalue weighted by molar-refractivity contribution is 7.99. The Kier molecular flexibility index (Phi) is 4.63. The van der Waals surface area contributed by atoms with Gasteiger partial charge in [0.05, 0.1) is 11.8 Å². The van der Waals surface area contributed by atoms with Crippen molar-refractivity contribution < 1.29 is 4.79 Å². The Bertz CT molecular complexity index is 828. The number of rotatable bonds is 5. The van der Waals surface area contributed by atoms with Crippen LogP contribution in [0.5, 0.6) is 0 Å². The lowest BCUT2D eigenvalue weighted by Crippen LogP contribution is -2.27. The van der Waals surface area contributed by atoms with Crippen molar-refractivity contribution in [3.05, 3.63) is 39.8 Å². The largest absolute Gasteiger partial charge is 0.348 e. The predicted octanol–water partition coefficient (Wildman–Crippen LogP) is 2.77. The van der Waals surface area contributed by atoms with Gasteiger partial charge in [0.1, 0.15) is 0 Å². The molecular formula is C15H17N5OS2. The first-order valence-electron chi connectivity index (χ1n) is 7.19. The van der Waals surface area contributed by atoms with Crippen LogP contribution in [0.25, 0.3) is 5.78 Å². The number of aryl methyl sites for hydroxylation is 2. The predicted molar refractivity (Wildman–Crippen MR) is 91.9 cm³/mol. The average Bonchev–Trinajstić information content (AvgIpc) is 3.14. The first-order valence-corrected chi connectivity index (χ1v) is 9.06. The van der Waals surface area contributed by atoms with Crippen molar-refractivity contribution in [3.63, 3.8) is 0 Å². The number of aromatic nitrogens is 4. The van der Waals surface area contributed by atoms with Crippen molar-refractivity contribution in [1.82, 2.24) is 24.9 Å². The Morgan fingerprint density at radius 2 is 2.26 bits per heavy atom. The maximum absolute atomic E-state index is 12.1. The molecule has 0 aliphatic heterocycles. The number of nitrogens with one attached hydrogen (secondary N) is 1. The fraction of sp³-hybridized carbons (Fsp3) is 0.333. The lowest BCUT2D eigenvalue weighted by molar-refractivity contribution is -0.119. The normalized spacial score (nSPS) is 12.5. The molecule has 120 valence electrons. The Morgan fingerprint density at radius 1 is 1.43 bits per heavy atom. The van der Waals surface area contributed by atoms with Crippen molar-refractivity contribution in [2.24, 2.45) is 0 Å². The van der Waals surface area contributed by atoms with Crippen LogP contribution in [0.15, 0.2) is 28.7 Å². The molecule has 1 N–H and O–H groups in total. The van der Waals surface area contributed by atoms with Gasteiger partial charge < -0.3 is 5.32 Å². The molecular weight excluding hydrogens is 330 g/mol. The Labute approximate surface area is 142 Å². The van der Waals surface area contributed by atoms with Gasteiger partial charge in [-0.25, -0.2) is 9.50 Å². The molecule has 0 aliphatic rings. The van der Waals surface area contributed by atoms with E-state index in [1.165, 1.54) is 11.8 Å². The van der Waals surface area contributed by atoms with Crippen LogP contribution in [0.3, 0.4) is 0 Å². The molecule has 0 bridgehead atoms. The topological polar surface area (TPSA) is 72.2 Å². The van der Waals surface area contributed by atoms with Gasteiger partial charge in [-0.2, -0.15) is 4.98 Å². The zero-order valence-electron chi connectivity index (χ0n) is 13.1. The molecule has 3 heterocycles. The second kappa shape index (κ2) is 6.67. The molecule has 6 nitrogen and oxygen atoms in total. The van der Waals surface area contributed by atoms with Crippen molar-refractivity contribution in [2.45, 2.75) is 32.0 Å². The van der Waals surface area contributed by atoms with Crippen molar-refractivity contribution >= 4 is 34.8 Å². The summed E-state index contributed by atoms with van der Waals surface area (Å²) in [7, 11) is 0. The van der Waals surface area contributed by atoms with E-state index in [0.29, 0.717) is 10.9 Å². The van der Waals surface area contributed by atoms with E-state index < -0.39 is 0 Å². The van der Waals surface area contributed by atoms with E-state index >= 15 is 0 Å². The van der Waals surface area contributed by atoms with Gasteiger partial charge in [-0.05, 0) is 38.3 Å². The van der Waals surface area contributed by atoms with Gasteiger partial charge in [0.15, 0.2) is 0 Å². The molecule has 3 aromatic heterocycles. The lowest BCUT2D eigenvalue weighted by atomic mass is 10.3. The zero-order valence-corrected chi connectivity index (χ0v) is 14.7. The van der Waals surface area contributed by atoms with Crippen LogP contribution in [0.4, 0.5) is 0 Å². The minimum absolute atomic E-state index is 0.0173. The number of hydrogen-bond acceptors (Lipinski definition) is 6. The summed E-state index contributed by atoms with van der Waals surface area (Å²) < 4.78 is 1.70. The summed E-state index contributed by atoms with van der Waals surface area (Å²) in [5.74, 6) is 0.818. The molecule has 0 aromatic carbocycles. The third-order valence-electron chi connectivity index (χ3n) is 3.28. The number of hydrogen-bond donors (Lipinski definition) is 1. The van der Waals surface area contributed by atoms with Crippen LogP contribution in [0.1, 0.15) is 29.2 Å². The third-order valence-corrected chi connectivity index (χ3v) is 5.17. The summed E-state index contributed by atoms with van der Waals surface area (Å²) in [5.41, 5.74) is 1.88. The lowest BCUT2D eigenvalue weighted by Gasteiger charge is -2.11. The van der Waals surface area contributed by atoms with E-state index in [1.54, 1.807) is 15.9 Å². The molecule has 0 unspecified atom stereocenters. The van der Waals surface area contributed by atoms with Crippen LogP contribution >= 0.6 is 23.1 Å². The fourth-order valence-corrected chi connectivity index (χ4v) is 3.59. The minimum atomic E-state index is -0.0318. The molecule has 1 amide bonds. The smallest absolute Gasteiger partial charge is 0.253 e.